The van der Waals surface area contributed by atoms with E-state index < -0.39 is 0 Å². The van der Waals surface area contributed by atoms with Gasteiger partial charge in [0.15, 0.2) is 0 Å². The van der Waals surface area contributed by atoms with Gasteiger partial charge in [-0.05, 0) is 31.7 Å². The van der Waals surface area contributed by atoms with Crippen LogP contribution in [0.25, 0.3) is 0 Å². The highest BCUT2D eigenvalue weighted by Gasteiger charge is 2.51. The summed E-state index contributed by atoms with van der Waals surface area (Å²) in [5.41, 5.74) is -0.263. The summed E-state index contributed by atoms with van der Waals surface area (Å²) in [6.45, 7) is 3.17. The molecule has 2 aliphatic heterocycles. The molecule has 0 aromatic rings. The summed E-state index contributed by atoms with van der Waals surface area (Å²) in [7, 11) is 0. The maximum absolute atomic E-state index is 12.2. The number of hydrogen-bond donors (Lipinski definition) is 2. The summed E-state index contributed by atoms with van der Waals surface area (Å²) in [6, 6.07) is 0.454. The molecule has 0 aromatic carbocycles. The van der Waals surface area contributed by atoms with E-state index in [1.54, 1.807) is 0 Å². The molecule has 2 N–H and O–H groups in total. The Morgan fingerprint density at radius 1 is 1.40 bits per heavy atom. The van der Waals surface area contributed by atoms with Crippen molar-refractivity contribution in [1.82, 2.24) is 10.6 Å². The summed E-state index contributed by atoms with van der Waals surface area (Å²) in [5, 5.41) is 6.47. The zero-order valence-electron chi connectivity index (χ0n) is 8.92. The van der Waals surface area contributed by atoms with Crippen molar-refractivity contribution < 1.29 is 9.53 Å². The fourth-order valence-corrected chi connectivity index (χ4v) is 2.72. The Hall–Kier alpha value is -0.610. The number of hydrogen-bond acceptors (Lipinski definition) is 3. The zero-order valence-corrected chi connectivity index (χ0v) is 8.92. The summed E-state index contributed by atoms with van der Waals surface area (Å²) >= 11 is 0. The van der Waals surface area contributed by atoms with Crippen molar-refractivity contribution in [2.75, 3.05) is 26.3 Å². The highest BCUT2D eigenvalue weighted by atomic mass is 16.5. The second-order valence-electron chi connectivity index (χ2n) is 5.07. The Kier molecular flexibility index (Phi) is 2.21. The molecule has 1 amide bonds. The molecule has 2 atom stereocenters. The number of carbonyl (C=O) groups is 1. The molecule has 3 rings (SSSR count). The van der Waals surface area contributed by atoms with Crippen molar-refractivity contribution in [2.45, 2.75) is 25.3 Å². The quantitative estimate of drug-likeness (QED) is 0.668. The van der Waals surface area contributed by atoms with Crippen LogP contribution in [-0.4, -0.2) is 38.3 Å². The number of nitrogens with one attached hydrogen (secondary N) is 2. The van der Waals surface area contributed by atoms with E-state index in [0.717, 1.165) is 39.0 Å². The lowest BCUT2D eigenvalue weighted by Gasteiger charge is -2.36. The van der Waals surface area contributed by atoms with Crippen LogP contribution >= 0.6 is 0 Å². The molecule has 15 heavy (non-hydrogen) atoms. The normalized spacial score (nSPS) is 39.9. The minimum Gasteiger partial charge on any atom is -0.380 e. The van der Waals surface area contributed by atoms with Gasteiger partial charge in [-0.3, -0.25) is 4.79 Å². The van der Waals surface area contributed by atoms with Crippen molar-refractivity contribution >= 4 is 5.91 Å². The van der Waals surface area contributed by atoms with Crippen molar-refractivity contribution in [1.29, 1.82) is 0 Å². The van der Waals surface area contributed by atoms with Crippen LogP contribution < -0.4 is 10.6 Å². The topological polar surface area (TPSA) is 50.4 Å². The second-order valence-corrected chi connectivity index (χ2v) is 5.07. The molecule has 0 spiro atoms. The van der Waals surface area contributed by atoms with E-state index in [0.29, 0.717) is 18.6 Å². The Labute approximate surface area is 89.7 Å². The molecular formula is C11H18N2O2. The molecule has 0 aromatic heterocycles. The van der Waals surface area contributed by atoms with Crippen LogP contribution in [0.3, 0.4) is 0 Å². The van der Waals surface area contributed by atoms with E-state index in [9.17, 15) is 4.79 Å². The van der Waals surface area contributed by atoms with Crippen molar-refractivity contribution in [3.8, 4) is 0 Å². The van der Waals surface area contributed by atoms with Crippen molar-refractivity contribution in [2.24, 2.45) is 11.3 Å². The average molecular weight is 210 g/mol. The molecular weight excluding hydrogens is 192 g/mol. The highest BCUT2D eigenvalue weighted by molar-refractivity contribution is 5.84. The van der Waals surface area contributed by atoms with E-state index in [4.69, 9.17) is 4.74 Å². The Balaban J connectivity index is 1.75. The first-order valence-electron chi connectivity index (χ1n) is 5.91. The van der Waals surface area contributed by atoms with Crippen LogP contribution in [0.4, 0.5) is 0 Å². The fourth-order valence-electron chi connectivity index (χ4n) is 2.72. The van der Waals surface area contributed by atoms with Crippen LogP contribution in [0.15, 0.2) is 0 Å². The number of ether oxygens (including phenoxy) is 1. The number of amides is 1. The summed E-state index contributed by atoms with van der Waals surface area (Å²) in [5.74, 6) is 0.699. The Morgan fingerprint density at radius 3 is 3.07 bits per heavy atom. The molecule has 3 aliphatic rings. The fraction of sp³-hybridized carbons (Fsp3) is 0.909. The smallest absolute Gasteiger partial charge is 0.230 e. The molecule has 0 radical (unpaired) electrons. The van der Waals surface area contributed by atoms with E-state index in [1.807, 2.05) is 0 Å². The number of carbonyl (C=O) groups excluding carboxylic acids is 1. The minimum atomic E-state index is -0.263. The first kappa shape index (κ1) is 9.60. The van der Waals surface area contributed by atoms with E-state index in [-0.39, 0.29) is 11.3 Å². The number of rotatable bonds is 2. The van der Waals surface area contributed by atoms with Gasteiger partial charge in [-0.1, -0.05) is 0 Å². The molecule has 2 heterocycles. The van der Waals surface area contributed by atoms with Crippen LogP contribution in [-0.2, 0) is 9.53 Å². The molecule has 1 aliphatic carbocycles. The van der Waals surface area contributed by atoms with E-state index >= 15 is 0 Å². The molecule has 84 valence electrons. The molecule has 4 heteroatoms. The molecule has 4 nitrogen and oxygen atoms in total. The monoisotopic (exact) mass is 210 g/mol. The average Bonchev–Trinajstić information content (AvgIpc) is 2.96. The third-order valence-corrected chi connectivity index (χ3v) is 3.95. The zero-order chi connectivity index (χ0) is 10.3. The van der Waals surface area contributed by atoms with Gasteiger partial charge in [0.1, 0.15) is 0 Å². The predicted octanol–water partition coefficient (Wildman–Crippen LogP) is -0.109. The van der Waals surface area contributed by atoms with E-state index in [1.165, 1.54) is 0 Å². The van der Waals surface area contributed by atoms with Gasteiger partial charge in [0, 0.05) is 19.2 Å². The first-order valence-corrected chi connectivity index (χ1v) is 5.91. The third-order valence-electron chi connectivity index (χ3n) is 3.95. The molecule has 1 saturated carbocycles. The SMILES string of the molecule is O=C(NC1CC1)[C@]12CNC[C@H]1CCOC2. The largest absolute Gasteiger partial charge is 0.380 e. The van der Waals surface area contributed by atoms with Crippen LogP contribution in [0.2, 0.25) is 0 Å². The highest BCUT2D eigenvalue weighted by Crippen LogP contribution is 2.38. The van der Waals surface area contributed by atoms with Gasteiger partial charge in [-0.15, -0.1) is 0 Å². The lowest BCUT2D eigenvalue weighted by atomic mass is 9.75. The summed E-state index contributed by atoms with van der Waals surface area (Å²) in [6.07, 6.45) is 3.33. The van der Waals surface area contributed by atoms with Crippen LogP contribution in [0, 0.1) is 11.3 Å². The van der Waals surface area contributed by atoms with Crippen LogP contribution in [0.5, 0.6) is 0 Å². The molecule has 3 fully saturated rings. The summed E-state index contributed by atoms with van der Waals surface area (Å²) < 4.78 is 5.51. The van der Waals surface area contributed by atoms with Gasteiger partial charge in [-0.2, -0.15) is 0 Å². The van der Waals surface area contributed by atoms with Gasteiger partial charge in [0.2, 0.25) is 5.91 Å². The summed E-state index contributed by atoms with van der Waals surface area (Å²) in [4.78, 5) is 12.2. The van der Waals surface area contributed by atoms with E-state index in [2.05, 4.69) is 10.6 Å². The molecule has 0 bridgehead atoms. The maximum Gasteiger partial charge on any atom is 0.230 e. The number of fused-ring (bicyclic) bond motifs is 1. The minimum absolute atomic E-state index is 0.222. The van der Waals surface area contributed by atoms with Crippen molar-refractivity contribution in [3.05, 3.63) is 0 Å². The predicted molar refractivity (Wildman–Crippen MR) is 55.4 cm³/mol. The molecule has 2 saturated heterocycles. The van der Waals surface area contributed by atoms with Gasteiger partial charge >= 0.3 is 0 Å². The van der Waals surface area contributed by atoms with Gasteiger partial charge < -0.3 is 15.4 Å². The third kappa shape index (κ3) is 1.56. The van der Waals surface area contributed by atoms with Crippen molar-refractivity contribution in [3.63, 3.8) is 0 Å². The lowest BCUT2D eigenvalue weighted by Crippen LogP contribution is -2.52. The molecule has 0 unspecified atom stereocenters. The Bertz CT molecular complexity index is 278. The van der Waals surface area contributed by atoms with Gasteiger partial charge in [-0.25, -0.2) is 0 Å². The standard InChI is InChI=1S/C11H18N2O2/c14-10(13-9-1-2-9)11-6-12-5-8(11)3-4-15-7-11/h8-9,12H,1-7H2,(H,13,14)/t8-,11+/m1/s1. The first-order chi connectivity index (χ1) is 7.31. The maximum atomic E-state index is 12.2. The van der Waals surface area contributed by atoms with Gasteiger partial charge in [0.05, 0.1) is 12.0 Å². The van der Waals surface area contributed by atoms with Gasteiger partial charge in [0.25, 0.3) is 0 Å². The lowest BCUT2D eigenvalue weighted by molar-refractivity contribution is -0.141. The van der Waals surface area contributed by atoms with Crippen LogP contribution in [0.1, 0.15) is 19.3 Å². The Morgan fingerprint density at radius 2 is 2.27 bits per heavy atom. The second kappa shape index (κ2) is 3.46.